The molecule has 0 aromatic heterocycles. The monoisotopic (exact) mass is 1250 g/mol. The molecule has 19 N–H and O–H groups in total. The zero-order valence-electron chi connectivity index (χ0n) is 52.5. The van der Waals surface area contributed by atoms with E-state index in [1.807, 2.05) is 0 Å². The topological polar surface area (TPSA) is 472 Å². The van der Waals surface area contributed by atoms with Gasteiger partial charge in [-0.15, -0.1) is 0 Å². The number of nitrogens with two attached hydrogens (primary N) is 3. The highest BCUT2D eigenvalue weighted by atomic mass is 16.4. The Morgan fingerprint density at radius 2 is 0.888 bits per heavy atom. The van der Waals surface area contributed by atoms with Gasteiger partial charge in [0.15, 0.2) is 0 Å². The summed E-state index contributed by atoms with van der Waals surface area (Å²) in [6.45, 7) is 15.0. The summed E-state index contributed by atoms with van der Waals surface area (Å²) in [5.74, 6) is -13.1. The fourth-order valence-electron chi connectivity index (χ4n) is 9.27. The van der Waals surface area contributed by atoms with Crippen LogP contribution in [0.4, 0.5) is 0 Å². The Hall–Kier alpha value is -8.24. The third-order valence-electron chi connectivity index (χ3n) is 14.6. The molecule has 28 nitrogen and oxygen atoms in total. The minimum absolute atomic E-state index is 0.0216. The number of carbonyl (C=O) groups excluding carboxylic acids is 10. The Kier molecular flexibility index (Phi) is 33.6. The van der Waals surface area contributed by atoms with Crippen LogP contribution in [0.3, 0.4) is 0 Å². The first-order chi connectivity index (χ1) is 41.8. The summed E-state index contributed by atoms with van der Waals surface area (Å²) in [6, 6.07) is -0.265. The molecule has 0 bridgehead atoms. The molecule has 0 fully saturated rings. The average Bonchev–Trinajstić information content (AvgIpc) is 3.65. The van der Waals surface area contributed by atoms with E-state index in [9.17, 15) is 72.9 Å². The number of aliphatic carboxylic acids is 2. The largest absolute Gasteiger partial charge is 0.508 e. The molecule has 0 aliphatic rings. The lowest BCUT2D eigenvalue weighted by Crippen LogP contribution is -2.62. The lowest BCUT2D eigenvalue weighted by molar-refractivity contribution is -0.144. The van der Waals surface area contributed by atoms with Gasteiger partial charge in [-0.25, -0.2) is 4.79 Å². The minimum atomic E-state index is -1.82. The molecule has 2 aromatic rings. The molecule has 0 saturated heterocycles. The fraction of sp³-hybridized carbons (Fsp3) is 0.607. The second-order valence-electron chi connectivity index (χ2n) is 23.7. The lowest BCUT2D eigenvalue weighted by atomic mass is 9.98. The first-order valence-electron chi connectivity index (χ1n) is 30.2. The summed E-state index contributed by atoms with van der Waals surface area (Å²) in [4.78, 5) is 162. The van der Waals surface area contributed by atoms with E-state index < -0.39 is 156 Å². The van der Waals surface area contributed by atoms with E-state index in [-0.39, 0.29) is 75.5 Å². The van der Waals surface area contributed by atoms with Crippen LogP contribution in [0.1, 0.15) is 138 Å². The maximum Gasteiger partial charge on any atom is 0.326 e. The normalized spacial score (nSPS) is 15.4. The van der Waals surface area contributed by atoms with Crippen molar-refractivity contribution < 1.29 is 78.0 Å². The zero-order valence-corrected chi connectivity index (χ0v) is 52.5. The van der Waals surface area contributed by atoms with Crippen molar-refractivity contribution in [1.82, 2.24) is 47.9 Å². The molecule has 10 amide bonds. The Labute approximate surface area is 519 Å². The summed E-state index contributed by atoms with van der Waals surface area (Å²) >= 11 is 0. The predicted molar refractivity (Wildman–Crippen MR) is 328 cm³/mol. The Balaban J connectivity index is 2.56. The van der Waals surface area contributed by atoms with Gasteiger partial charge in [0.1, 0.15) is 60.1 Å². The molecule has 0 unspecified atom stereocenters. The molecule has 0 aliphatic carbocycles. The van der Waals surface area contributed by atoms with Gasteiger partial charge in [0.05, 0.1) is 12.1 Å². The smallest absolute Gasteiger partial charge is 0.326 e. The molecule has 496 valence electrons. The molecule has 2 aromatic carbocycles. The zero-order chi connectivity index (χ0) is 67.2. The number of aliphatic hydroxyl groups is 1. The highest BCUT2D eigenvalue weighted by Crippen LogP contribution is 2.16. The van der Waals surface area contributed by atoms with Crippen molar-refractivity contribution in [3.8, 4) is 5.75 Å². The Morgan fingerprint density at radius 1 is 0.472 bits per heavy atom. The number of amides is 10. The minimum Gasteiger partial charge on any atom is -0.508 e. The number of benzene rings is 2. The summed E-state index contributed by atoms with van der Waals surface area (Å²) in [7, 11) is 0. The molecule has 0 saturated carbocycles. The number of phenolic OH excluding ortho intramolecular Hbond substituents is 1. The van der Waals surface area contributed by atoms with Gasteiger partial charge in [0, 0.05) is 25.7 Å². The maximum atomic E-state index is 14.6. The molecule has 28 heteroatoms. The van der Waals surface area contributed by atoms with Gasteiger partial charge in [-0.05, 0) is 105 Å². The van der Waals surface area contributed by atoms with Crippen LogP contribution in [0.2, 0.25) is 0 Å². The molecule has 0 aliphatic heterocycles. The molecule has 89 heavy (non-hydrogen) atoms. The van der Waals surface area contributed by atoms with Gasteiger partial charge in [0.2, 0.25) is 59.1 Å². The molecular formula is C61H96N12O16. The van der Waals surface area contributed by atoms with Crippen LogP contribution in [0.25, 0.3) is 0 Å². The highest BCUT2D eigenvalue weighted by Gasteiger charge is 2.38. The first kappa shape index (κ1) is 76.9. The highest BCUT2D eigenvalue weighted by molar-refractivity contribution is 5.99. The number of hydrogen-bond acceptors (Lipinski definition) is 16. The van der Waals surface area contributed by atoms with Crippen molar-refractivity contribution in [3.63, 3.8) is 0 Å². The second kappa shape index (κ2) is 38.9. The summed E-state index contributed by atoms with van der Waals surface area (Å²) in [5.41, 5.74) is 18.1. The third-order valence-corrected chi connectivity index (χ3v) is 14.6. The van der Waals surface area contributed by atoms with Crippen LogP contribution in [0, 0.1) is 23.7 Å². The number of aliphatic hydroxyl groups excluding tert-OH is 1. The second-order valence-corrected chi connectivity index (χ2v) is 23.7. The molecule has 0 spiro atoms. The van der Waals surface area contributed by atoms with E-state index in [1.54, 1.807) is 85.7 Å². The summed E-state index contributed by atoms with van der Waals surface area (Å²) < 4.78 is 0. The number of phenols is 1. The van der Waals surface area contributed by atoms with E-state index in [4.69, 9.17) is 22.3 Å². The maximum absolute atomic E-state index is 14.6. The van der Waals surface area contributed by atoms with E-state index >= 15 is 0 Å². The van der Waals surface area contributed by atoms with Gasteiger partial charge in [-0.1, -0.05) is 104 Å². The third kappa shape index (κ3) is 28.2. The van der Waals surface area contributed by atoms with Crippen LogP contribution in [-0.4, -0.2) is 165 Å². The number of rotatable bonds is 41. The standard InChI is InChI=1S/C61H96N12O16/c1-10-35(8)50(61(88)89)72-54(81)42(24-25-47(64)76)66-57(84)45(30-37-16-12-11-13-17-37)68-56(83)44(29-33(4)5)70-60(87)51(36(9)74)73-58(85)46(31-38-19-21-39(75)22-20-38)67-53(80)41(18-14-15-27-62)65-55(82)43(28-32(2)3)69-59(86)49(34(6)7)71-52(79)40(63)23-26-48(77)78/h11-13,16-17,19-22,32-36,40-46,49-51,74-75H,10,14-15,18,23-31,62-63H2,1-9H3,(H2,64,76)(H,65,82)(H,66,84)(H,67,80)(H,68,83)(H,69,86)(H,70,87)(H,71,79)(H,72,81)(H,73,85)(H,77,78)(H,88,89)/t35-,36+,40-,41-,42-,43-,44-,45-,46-,49-,50-,51-/m0/s1. The fourth-order valence-corrected chi connectivity index (χ4v) is 9.27. The number of carboxylic acids is 2. The van der Waals surface area contributed by atoms with Crippen molar-refractivity contribution in [3.05, 3.63) is 65.7 Å². The quantitative estimate of drug-likeness (QED) is 0.0369. The number of nitrogens with one attached hydrogen (secondary N) is 9. The van der Waals surface area contributed by atoms with E-state index in [0.29, 0.717) is 30.4 Å². The van der Waals surface area contributed by atoms with Crippen LogP contribution in [-0.2, 0) is 70.4 Å². The van der Waals surface area contributed by atoms with Crippen molar-refractivity contribution in [2.45, 2.75) is 206 Å². The van der Waals surface area contributed by atoms with Crippen LogP contribution in [0.15, 0.2) is 54.6 Å². The number of carbonyl (C=O) groups is 12. The summed E-state index contributed by atoms with van der Waals surface area (Å²) in [5, 5.41) is 63.5. The lowest BCUT2D eigenvalue weighted by Gasteiger charge is -2.30. The first-order valence-corrected chi connectivity index (χ1v) is 30.2. The van der Waals surface area contributed by atoms with Gasteiger partial charge in [-0.3, -0.25) is 52.7 Å². The number of aromatic hydroxyl groups is 1. The molecule has 12 atom stereocenters. The molecular weight excluding hydrogens is 1160 g/mol. The number of primary amides is 1. The van der Waals surface area contributed by atoms with E-state index in [1.165, 1.54) is 31.2 Å². The van der Waals surface area contributed by atoms with Crippen LogP contribution >= 0.6 is 0 Å². The van der Waals surface area contributed by atoms with Gasteiger partial charge >= 0.3 is 11.9 Å². The summed E-state index contributed by atoms with van der Waals surface area (Å²) in [6.07, 6.45) is -2.40. The molecule has 2 rings (SSSR count). The van der Waals surface area contributed by atoms with Gasteiger partial charge < -0.3 is 85.5 Å². The number of carboxylic acid groups (broad SMARTS) is 2. The van der Waals surface area contributed by atoms with Crippen molar-refractivity contribution in [2.24, 2.45) is 40.9 Å². The van der Waals surface area contributed by atoms with Crippen molar-refractivity contribution in [2.75, 3.05) is 6.54 Å². The Bertz CT molecular complexity index is 2680. The number of hydrogen-bond donors (Lipinski definition) is 16. The SMILES string of the molecule is CC[C@H](C)[C@H](NC(=O)[C@H](CCC(N)=O)NC(=O)[C@H](Cc1ccccc1)NC(=O)[C@H](CC(C)C)NC(=O)[C@@H](NC(=O)[C@H](Cc1ccc(O)cc1)NC(=O)[C@H](CCCCN)NC(=O)[C@H](CC(C)C)NC(=O)[C@@H](NC(=O)[C@@H](N)CCC(=O)O)C(C)C)[C@@H](C)O)C(=O)O. The number of unbranched alkanes of at least 4 members (excludes halogenated alkanes) is 1. The van der Waals surface area contributed by atoms with Crippen molar-refractivity contribution in [1.29, 1.82) is 0 Å². The van der Waals surface area contributed by atoms with E-state index in [0.717, 1.165) is 0 Å². The van der Waals surface area contributed by atoms with Crippen LogP contribution < -0.4 is 65.1 Å². The Morgan fingerprint density at radius 3 is 1.34 bits per heavy atom. The molecule has 0 radical (unpaired) electrons. The predicted octanol–water partition coefficient (Wildman–Crippen LogP) is -0.613. The molecule has 0 heterocycles. The van der Waals surface area contributed by atoms with Crippen LogP contribution in [0.5, 0.6) is 5.75 Å². The van der Waals surface area contributed by atoms with E-state index in [2.05, 4.69) is 47.9 Å². The van der Waals surface area contributed by atoms with Gasteiger partial charge in [-0.2, -0.15) is 0 Å². The average molecular weight is 1250 g/mol. The van der Waals surface area contributed by atoms with Gasteiger partial charge in [0.25, 0.3) is 0 Å². The van der Waals surface area contributed by atoms with Crippen molar-refractivity contribution >= 4 is 71.0 Å².